The third kappa shape index (κ3) is 3.64. The molecule has 0 atom stereocenters. The molecule has 1 aliphatic heterocycles. The van der Waals surface area contributed by atoms with Gasteiger partial charge in [0.15, 0.2) is 0 Å². The summed E-state index contributed by atoms with van der Waals surface area (Å²) in [5, 5.41) is 0. The average Bonchev–Trinajstić information content (AvgIpc) is 2.82. The van der Waals surface area contributed by atoms with E-state index in [-0.39, 0.29) is 12.5 Å². The van der Waals surface area contributed by atoms with Gasteiger partial charge in [-0.1, -0.05) is 0 Å². The SMILES string of the molecule is COCCOC(=O)c1c(C)[nH]c(C(=O)N2CCSCC2)c1C. The Morgan fingerprint density at radius 3 is 2.55 bits per heavy atom. The summed E-state index contributed by atoms with van der Waals surface area (Å²) >= 11 is 1.85. The van der Waals surface area contributed by atoms with Gasteiger partial charge in [0.05, 0.1) is 12.2 Å². The van der Waals surface area contributed by atoms with Crippen molar-refractivity contribution in [3.05, 3.63) is 22.5 Å². The highest BCUT2D eigenvalue weighted by molar-refractivity contribution is 7.99. The Balaban J connectivity index is 2.15. The van der Waals surface area contributed by atoms with Crippen molar-refractivity contribution in [2.45, 2.75) is 13.8 Å². The van der Waals surface area contributed by atoms with Crippen LogP contribution in [0.4, 0.5) is 0 Å². The van der Waals surface area contributed by atoms with Gasteiger partial charge in [0.25, 0.3) is 5.91 Å². The average molecular weight is 326 g/mol. The Labute approximate surface area is 134 Å². The number of hydrogen-bond acceptors (Lipinski definition) is 5. The summed E-state index contributed by atoms with van der Waals surface area (Å²) in [5.41, 5.74) is 2.26. The van der Waals surface area contributed by atoms with E-state index in [1.54, 1.807) is 21.0 Å². The molecule has 0 saturated carbocycles. The lowest BCUT2D eigenvalue weighted by Gasteiger charge is -2.26. The molecule has 0 aromatic carbocycles. The molecule has 0 spiro atoms. The summed E-state index contributed by atoms with van der Waals surface area (Å²) in [4.78, 5) is 29.6. The molecular formula is C15H22N2O4S. The summed E-state index contributed by atoms with van der Waals surface area (Å²) in [7, 11) is 1.55. The summed E-state index contributed by atoms with van der Waals surface area (Å²) in [5.74, 6) is 1.45. The lowest BCUT2D eigenvalue weighted by Crippen LogP contribution is -2.38. The molecule has 7 heteroatoms. The molecule has 2 rings (SSSR count). The number of carbonyl (C=O) groups excluding carboxylic acids is 2. The van der Waals surface area contributed by atoms with Crippen LogP contribution in [0.3, 0.4) is 0 Å². The standard InChI is InChI=1S/C15H22N2O4S/c1-10-12(15(19)21-7-6-20-3)11(2)16-13(10)14(18)17-4-8-22-9-5-17/h16H,4-9H2,1-3H3. The molecule has 2 heterocycles. The monoisotopic (exact) mass is 326 g/mol. The fraction of sp³-hybridized carbons (Fsp3) is 0.600. The fourth-order valence-corrected chi connectivity index (χ4v) is 3.39. The summed E-state index contributed by atoms with van der Waals surface area (Å²) in [6.07, 6.45) is 0. The van der Waals surface area contributed by atoms with Crippen LogP contribution < -0.4 is 0 Å². The molecular weight excluding hydrogens is 304 g/mol. The maximum absolute atomic E-state index is 12.6. The van der Waals surface area contributed by atoms with E-state index in [1.807, 2.05) is 16.7 Å². The van der Waals surface area contributed by atoms with Crippen molar-refractivity contribution in [3.8, 4) is 0 Å². The lowest BCUT2D eigenvalue weighted by molar-refractivity contribution is 0.0387. The maximum atomic E-state index is 12.6. The Kier molecular flexibility index (Phi) is 5.90. The van der Waals surface area contributed by atoms with E-state index >= 15 is 0 Å². The molecule has 1 saturated heterocycles. The number of aromatic amines is 1. The first-order valence-electron chi connectivity index (χ1n) is 7.28. The minimum Gasteiger partial charge on any atom is -0.460 e. The van der Waals surface area contributed by atoms with Crippen molar-refractivity contribution in [1.82, 2.24) is 9.88 Å². The zero-order chi connectivity index (χ0) is 16.1. The van der Waals surface area contributed by atoms with E-state index in [2.05, 4.69) is 4.98 Å². The fourth-order valence-electron chi connectivity index (χ4n) is 2.48. The van der Waals surface area contributed by atoms with Gasteiger partial charge in [0.1, 0.15) is 12.3 Å². The van der Waals surface area contributed by atoms with Gasteiger partial charge < -0.3 is 19.4 Å². The van der Waals surface area contributed by atoms with Crippen LogP contribution >= 0.6 is 11.8 Å². The first-order chi connectivity index (χ1) is 10.6. The smallest absolute Gasteiger partial charge is 0.340 e. The highest BCUT2D eigenvalue weighted by Gasteiger charge is 2.26. The van der Waals surface area contributed by atoms with Crippen LogP contribution in [0, 0.1) is 13.8 Å². The van der Waals surface area contributed by atoms with Gasteiger partial charge in [-0.15, -0.1) is 0 Å². The normalized spacial score (nSPS) is 15.0. The van der Waals surface area contributed by atoms with E-state index in [9.17, 15) is 9.59 Å². The number of nitrogens with one attached hydrogen (secondary N) is 1. The van der Waals surface area contributed by atoms with Gasteiger partial charge in [-0.05, 0) is 19.4 Å². The molecule has 0 unspecified atom stereocenters. The van der Waals surface area contributed by atoms with Gasteiger partial charge in [-0.3, -0.25) is 4.79 Å². The Morgan fingerprint density at radius 2 is 1.91 bits per heavy atom. The quantitative estimate of drug-likeness (QED) is 0.658. The van der Waals surface area contributed by atoms with E-state index < -0.39 is 5.97 Å². The molecule has 1 aromatic rings. The number of ether oxygens (including phenoxy) is 2. The maximum Gasteiger partial charge on any atom is 0.340 e. The summed E-state index contributed by atoms with van der Waals surface area (Å²) in [6, 6.07) is 0. The van der Waals surface area contributed by atoms with E-state index in [4.69, 9.17) is 9.47 Å². The number of aromatic nitrogens is 1. The minimum absolute atomic E-state index is 0.0446. The van der Waals surface area contributed by atoms with Crippen molar-refractivity contribution in [2.24, 2.45) is 0 Å². The Bertz CT molecular complexity index is 550. The first kappa shape index (κ1) is 16.9. The van der Waals surface area contributed by atoms with Crippen LogP contribution in [-0.4, -0.2) is 66.7 Å². The number of methoxy groups -OCH3 is 1. The van der Waals surface area contributed by atoms with E-state index in [1.165, 1.54) is 0 Å². The van der Waals surface area contributed by atoms with Gasteiger partial charge in [0, 0.05) is 37.4 Å². The number of hydrogen-bond donors (Lipinski definition) is 1. The highest BCUT2D eigenvalue weighted by atomic mass is 32.2. The highest BCUT2D eigenvalue weighted by Crippen LogP contribution is 2.21. The van der Waals surface area contributed by atoms with Crippen LogP contribution in [0.5, 0.6) is 0 Å². The number of amides is 1. The number of thioether (sulfide) groups is 1. The van der Waals surface area contributed by atoms with Crippen molar-refractivity contribution in [3.63, 3.8) is 0 Å². The molecule has 0 radical (unpaired) electrons. The number of nitrogens with zero attached hydrogens (tertiary/aromatic N) is 1. The molecule has 1 amide bonds. The van der Waals surface area contributed by atoms with Crippen molar-refractivity contribution in [1.29, 1.82) is 0 Å². The van der Waals surface area contributed by atoms with Crippen LogP contribution in [0.15, 0.2) is 0 Å². The largest absolute Gasteiger partial charge is 0.460 e. The molecule has 0 bridgehead atoms. The summed E-state index contributed by atoms with van der Waals surface area (Å²) < 4.78 is 10.0. The number of carbonyl (C=O) groups is 2. The Morgan fingerprint density at radius 1 is 1.23 bits per heavy atom. The molecule has 22 heavy (non-hydrogen) atoms. The number of rotatable bonds is 5. The second-order valence-corrected chi connectivity index (χ2v) is 6.38. The van der Waals surface area contributed by atoms with Crippen molar-refractivity contribution in [2.75, 3.05) is 44.9 Å². The molecule has 0 aliphatic carbocycles. The molecule has 1 N–H and O–H groups in total. The van der Waals surface area contributed by atoms with E-state index in [0.717, 1.165) is 24.6 Å². The van der Waals surface area contributed by atoms with Crippen molar-refractivity contribution >= 4 is 23.6 Å². The van der Waals surface area contributed by atoms with Gasteiger partial charge >= 0.3 is 5.97 Å². The predicted molar refractivity (Wildman–Crippen MR) is 85.7 cm³/mol. The topological polar surface area (TPSA) is 71.6 Å². The number of esters is 1. The second kappa shape index (κ2) is 7.69. The number of aryl methyl sites for hydroxylation is 1. The number of H-pyrrole nitrogens is 1. The second-order valence-electron chi connectivity index (χ2n) is 5.16. The van der Waals surface area contributed by atoms with Crippen LogP contribution in [0.1, 0.15) is 32.1 Å². The minimum atomic E-state index is -0.420. The van der Waals surface area contributed by atoms with Crippen molar-refractivity contribution < 1.29 is 19.1 Å². The molecule has 1 aromatic heterocycles. The van der Waals surface area contributed by atoms with Gasteiger partial charge in [-0.25, -0.2) is 4.79 Å². The predicted octanol–water partition coefficient (Wildman–Crippen LogP) is 1.62. The van der Waals surface area contributed by atoms with Gasteiger partial charge in [0.2, 0.25) is 0 Å². The molecule has 1 fully saturated rings. The van der Waals surface area contributed by atoms with Crippen LogP contribution in [-0.2, 0) is 9.47 Å². The van der Waals surface area contributed by atoms with E-state index in [0.29, 0.717) is 29.1 Å². The molecule has 122 valence electrons. The Hall–Kier alpha value is -1.47. The third-order valence-electron chi connectivity index (χ3n) is 3.67. The lowest BCUT2D eigenvalue weighted by atomic mass is 10.1. The molecule has 1 aliphatic rings. The molecule has 6 nitrogen and oxygen atoms in total. The summed E-state index contributed by atoms with van der Waals surface area (Å²) in [6.45, 7) is 5.60. The zero-order valence-electron chi connectivity index (χ0n) is 13.2. The first-order valence-corrected chi connectivity index (χ1v) is 8.44. The van der Waals surface area contributed by atoms with Crippen LogP contribution in [0.25, 0.3) is 0 Å². The third-order valence-corrected chi connectivity index (χ3v) is 4.62. The van der Waals surface area contributed by atoms with Crippen LogP contribution in [0.2, 0.25) is 0 Å². The van der Waals surface area contributed by atoms with Gasteiger partial charge in [-0.2, -0.15) is 11.8 Å². The zero-order valence-corrected chi connectivity index (χ0v) is 14.0.